The fourth-order valence-corrected chi connectivity index (χ4v) is 2.10. The van der Waals surface area contributed by atoms with E-state index in [2.05, 4.69) is 0 Å². The Morgan fingerprint density at radius 2 is 1.53 bits per heavy atom. The number of imide groups is 2. The normalized spacial score (nSPS) is 17.8. The first-order chi connectivity index (χ1) is 6.38. The fourth-order valence-electron chi connectivity index (χ4n) is 0.998. The summed E-state index contributed by atoms with van der Waals surface area (Å²) in [5, 5.41) is 1.61. The van der Waals surface area contributed by atoms with Crippen LogP contribution in [0.15, 0.2) is 0 Å². The molecule has 9 heteroatoms. The molecule has 1 fully saturated rings. The summed E-state index contributed by atoms with van der Waals surface area (Å²) in [5.74, 6) is -2.53. The Hall–Kier alpha value is -0.440. The Morgan fingerprint density at radius 1 is 1.13 bits per heavy atom. The van der Waals surface area contributed by atoms with Gasteiger partial charge in [-0.1, -0.05) is 6.92 Å². The van der Waals surface area contributed by atoms with Gasteiger partial charge in [0.05, 0.1) is 0 Å². The van der Waals surface area contributed by atoms with Gasteiger partial charge in [-0.25, -0.2) is 13.2 Å². The number of rotatable bonds is 2. The minimum Gasteiger partial charge on any atom is -0.276 e. The molecule has 0 aromatic carbocycles. The van der Waals surface area contributed by atoms with Gasteiger partial charge in [-0.3, -0.25) is 20.2 Å². The number of amides is 4. The van der Waals surface area contributed by atoms with Gasteiger partial charge in [-0.05, 0) is 0 Å². The van der Waals surface area contributed by atoms with Gasteiger partial charge in [0.2, 0.25) is 5.25 Å². The van der Waals surface area contributed by atoms with Crippen molar-refractivity contribution in [2.75, 3.05) is 5.75 Å². The van der Waals surface area contributed by atoms with Crippen LogP contribution in [-0.4, -0.2) is 66.8 Å². The van der Waals surface area contributed by atoms with Crippen LogP contribution in [0.4, 0.5) is 4.79 Å². The number of barbiturate groups is 1. The second-order valence-corrected chi connectivity index (χ2v) is 5.01. The maximum atomic E-state index is 11.2. The number of hydrogen-bond donors (Lipinski definition) is 2. The first-order valence-electron chi connectivity index (χ1n) is 3.75. The summed E-state index contributed by atoms with van der Waals surface area (Å²) in [5.41, 5.74) is 0. The molecular formula is C6H8N2NaO5S. The van der Waals surface area contributed by atoms with Crippen molar-refractivity contribution in [2.24, 2.45) is 0 Å². The summed E-state index contributed by atoms with van der Waals surface area (Å²) in [6.45, 7) is 1.31. The Kier molecular flexibility index (Phi) is 4.91. The van der Waals surface area contributed by atoms with Gasteiger partial charge in [0.1, 0.15) is 0 Å². The van der Waals surface area contributed by atoms with E-state index in [0.717, 1.165) is 0 Å². The molecule has 1 heterocycles. The van der Waals surface area contributed by atoms with E-state index >= 15 is 0 Å². The number of carbonyl (C=O) groups excluding carboxylic acids is 3. The van der Waals surface area contributed by atoms with E-state index < -0.39 is 32.9 Å². The van der Waals surface area contributed by atoms with E-state index in [1.807, 2.05) is 0 Å². The van der Waals surface area contributed by atoms with Gasteiger partial charge in [-0.2, -0.15) is 0 Å². The van der Waals surface area contributed by atoms with Crippen LogP contribution < -0.4 is 10.6 Å². The Morgan fingerprint density at radius 3 is 1.87 bits per heavy atom. The molecule has 0 aromatic heterocycles. The topological polar surface area (TPSA) is 109 Å². The molecular weight excluding hydrogens is 235 g/mol. The van der Waals surface area contributed by atoms with Crippen molar-refractivity contribution in [3.63, 3.8) is 0 Å². The first kappa shape index (κ1) is 14.6. The molecule has 0 saturated carbocycles. The largest absolute Gasteiger partial charge is 0.328 e. The molecule has 2 N–H and O–H groups in total. The SMILES string of the molecule is CCS(=O)(=O)C1C(=O)NC(=O)NC1=O.[Na]. The molecule has 7 nitrogen and oxygen atoms in total. The summed E-state index contributed by atoms with van der Waals surface area (Å²) in [4.78, 5) is 32.7. The third-order valence-electron chi connectivity index (χ3n) is 1.71. The molecule has 0 atom stereocenters. The Bertz CT molecular complexity index is 384. The molecule has 0 bridgehead atoms. The van der Waals surface area contributed by atoms with Gasteiger partial charge in [0, 0.05) is 35.3 Å². The van der Waals surface area contributed by atoms with Gasteiger partial charge in [0.25, 0.3) is 11.8 Å². The number of carbonyl (C=O) groups is 3. The van der Waals surface area contributed by atoms with Gasteiger partial charge in [0.15, 0.2) is 9.84 Å². The predicted molar refractivity (Wildman–Crippen MR) is 50.7 cm³/mol. The minimum atomic E-state index is -3.82. The molecule has 4 amide bonds. The molecule has 1 saturated heterocycles. The van der Waals surface area contributed by atoms with Crippen molar-refractivity contribution < 1.29 is 22.8 Å². The molecule has 1 radical (unpaired) electrons. The van der Waals surface area contributed by atoms with Crippen LogP contribution >= 0.6 is 0 Å². The van der Waals surface area contributed by atoms with E-state index in [1.54, 1.807) is 10.6 Å². The number of hydrogen-bond acceptors (Lipinski definition) is 5. The van der Waals surface area contributed by atoms with Gasteiger partial charge in [-0.15, -0.1) is 0 Å². The molecule has 1 aliphatic rings. The van der Waals surface area contributed by atoms with Crippen LogP contribution in [0.2, 0.25) is 0 Å². The van der Waals surface area contributed by atoms with Crippen molar-refractivity contribution in [1.82, 2.24) is 10.6 Å². The quantitative estimate of drug-likeness (QED) is 0.421. The van der Waals surface area contributed by atoms with Crippen LogP contribution in [-0.2, 0) is 19.4 Å². The van der Waals surface area contributed by atoms with E-state index in [1.165, 1.54) is 6.92 Å². The van der Waals surface area contributed by atoms with E-state index in [-0.39, 0.29) is 35.3 Å². The minimum absolute atomic E-state index is 0. The second-order valence-electron chi connectivity index (χ2n) is 2.64. The average Bonchev–Trinajstić information content (AvgIpc) is 2.01. The number of nitrogens with one attached hydrogen (secondary N) is 2. The van der Waals surface area contributed by atoms with Gasteiger partial charge >= 0.3 is 6.03 Å². The summed E-state index contributed by atoms with van der Waals surface area (Å²) in [6.07, 6.45) is 0. The van der Waals surface area contributed by atoms with Crippen LogP contribution in [0, 0.1) is 0 Å². The molecule has 0 aliphatic carbocycles. The monoisotopic (exact) mass is 243 g/mol. The average molecular weight is 243 g/mol. The molecule has 0 aromatic rings. The molecule has 1 aliphatic heterocycles. The number of sulfone groups is 1. The second kappa shape index (κ2) is 5.06. The van der Waals surface area contributed by atoms with Crippen molar-refractivity contribution >= 4 is 57.2 Å². The van der Waals surface area contributed by atoms with Gasteiger partial charge < -0.3 is 0 Å². The third-order valence-corrected chi connectivity index (χ3v) is 3.66. The van der Waals surface area contributed by atoms with Crippen molar-refractivity contribution in [3.05, 3.63) is 0 Å². The van der Waals surface area contributed by atoms with Crippen molar-refractivity contribution in [2.45, 2.75) is 12.2 Å². The molecule has 79 valence electrons. The molecule has 0 unspecified atom stereocenters. The zero-order valence-electron chi connectivity index (χ0n) is 8.23. The standard InChI is InChI=1S/C6H8N2O5S.Na/c1-2-14(12,13)3-4(9)7-6(11)8-5(3)10;/h3H,2H2,1H3,(H2,7,8,9,10,11);. The smallest absolute Gasteiger partial charge is 0.276 e. The third kappa shape index (κ3) is 3.00. The molecule has 0 spiro atoms. The van der Waals surface area contributed by atoms with E-state index in [9.17, 15) is 22.8 Å². The van der Waals surface area contributed by atoms with E-state index in [4.69, 9.17) is 0 Å². The molecule has 15 heavy (non-hydrogen) atoms. The zero-order valence-corrected chi connectivity index (χ0v) is 11.1. The summed E-state index contributed by atoms with van der Waals surface area (Å²) < 4.78 is 22.5. The van der Waals surface area contributed by atoms with Crippen LogP contribution in [0.3, 0.4) is 0 Å². The number of urea groups is 1. The maximum absolute atomic E-state index is 11.2. The van der Waals surface area contributed by atoms with Crippen LogP contribution in [0.1, 0.15) is 6.92 Å². The summed E-state index contributed by atoms with van der Waals surface area (Å²) in [6, 6.07) is -0.998. The van der Waals surface area contributed by atoms with E-state index in [0.29, 0.717) is 0 Å². The van der Waals surface area contributed by atoms with Crippen LogP contribution in [0.5, 0.6) is 0 Å². The predicted octanol–water partition coefficient (Wildman–Crippen LogP) is -2.23. The fraction of sp³-hybridized carbons (Fsp3) is 0.500. The van der Waals surface area contributed by atoms with Crippen molar-refractivity contribution in [1.29, 1.82) is 0 Å². The summed E-state index contributed by atoms with van der Waals surface area (Å²) >= 11 is 0. The van der Waals surface area contributed by atoms with Crippen molar-refractivity contribution in [3.8, 4) is 0 Å². The maximum Gasteiger partial charge on any atom is 0.328 e. The molecule has 1 rings (SSSR count). The Balaban J connectivity index is 0.00000196. The van der Waals surface area contributed by atoms with Crippen LogP contribution in [0.25, 0.3) is 0 Å². The zero-order chi connectivity index (χ0) is 10.9. The first-order valence-corrected chi connectivity index (χ1v) is 5.47. The Labute approximate surface area is 108 Å². The summed E-state index contributed by atoms with van der Waals surface area (Å²) in [7, 11) is -3.82.